The Bertz CT molecular complexity index is 784. The number of nitrogens with zero attached hydrogens (tertiary/aromatic N) is 1. The third-order valence-corrected chi connectivity index (χ3v) is 6.17. The summed E-state index contributed by atoms with van der Waals surface area (Å²) in [4.78, 5) is 17.8. The summed E-state index contributed by atoms with van der Waals surface area (Å²) in [7, 11) is 0. The highest BCUT2D eigenvalue weighted by atomic mass is 35.5. The standard InChI is InChI=1S/C22H26ClN3O/c23-21-7-5-18(6-8-21)15-24-11-13-25(14-12-24)17-22(27)26-10-9-19-3-1-2-4-20(19)16-26/h1-8H,9-17H2/p+2. The summed E-state index contributed by atoms with van der Waals surface area (Å²) in [5.74, 6) is 0.306. The van der Waals surface area contributed by atoms with Gasteiger partial charge in [0.05, 0.1) is 0 Å². The monoisotopic (exact) mass is 385 g/mol. The van der Waals surface area contributed by atoms with Gasteiger partial charge in [-0.2, -0.15) is 0 Å². The molecule has 2 N–H and O–H groups in total. The molecule has 5 heteroatoms. The zero-order chi connectivity index (χ0) is 18.6. The number of piperazine rings is 1. The van der Waals surface area contributed by atoms with E-state index in [0.29, 0.717) is 12.5 Å². The highest BCUT2D eigenvalue weighted by Crippen LogP contribution is 2.18. The van der Waals surface area contributed by atoms with Crippen molar-refractivity contribution in [3.8, 4) is 0 Å². The van der Waals surface area contributed by atoms with Crippen molar-refractivity contribution in [1.82, 2.24) is 4.90 Å². The van der Waals surface area contributed by atoms with Gasteiger partial charge in [-0.25, -0.2) is 0 Å². The first-order valence-corrected chi connectivity index (χ1v) is 10.3. The first kappa shape index (κ1) is 18.5. The third kappa shape index (κ3) is 4.70. The lowest BCUT2D eigenvalue weighted by atomic mass is 10.00. The smallest absolute Gasteiger partial charge is 0.278 e. The molecule has 0 unspecified atom stereocenters. The Hall–Kier alpha value is -1.88. The zero-order valence-electron chi connectivity index (χ0n) is 15.7. The van der Waals surface area contributed by atoms with Gasteiger partial charge >= 0.3 is 0 Å². The second-order valence-corrected chi connectivity index (χ2v) is 8.25. The molecule has 142 valence electrons. The molecule has 2 aliphatic rings. The minimum Gasteiger partial charge on any atom is -0.333 e. The van der Waals surface area contributed by atoms with Gasteiger partial charge in [-0.3, -0.25) is 4.79 Å². The quantitative estimate of drug-likeness (QED) is 0.774. The summed E-state index contributed by atoms with van der Waals surface area (Å²) in [6.45, 7) is 7.69. The Morgan fingerprint density at radius 1 is 0.926 bits per heavy atom. The average molecular weight is 386 g/mol. The predicted molar refractivity (Wildman–Crippen MR) is 107 cm³/mol. The molecule has 2 heterocycles. The number of benzene rings is 2. The summed E-state index contributed by atoms with van der Waals surface area (Å²) in [5, 5.41) is 0.793. The zero-order valence-corrected chi connectivity index (χ0v) is 16.5. The normalized spacial score (nSPS) is 22.3. The maximum Gasteiger partial charge on any atom is 0.278 e. The van der Waals surface area contributed by atoms with Crippen LogP contribution in [0.25, 0.3) is 0 Å². The van der Waals surface area contributed by atoms with Crippen LogP contribution in [0.1, 0.15) is 16.7 Å². The molecule has 0 atom stereocenters. The van der Waals surface area contributed by atoms with Gasteiger partial charge in [0.15, 0.2) is 6.54 Å². The highest BCUT2D eigenvalue weighted by molar-refractivity contribution is 6.30. The van der Waals surface area contributed by atoms with Crippen LogP contribution in [0.3, 0.4) is 0 Å². The van der Waals surface area contributed by atoms with Crippen molar-refractivity contribution in [2.75, 3.05) is 39.3 Å². The van der Waals surface area contributed by atoms with Gasteiger partial charge in [-0.1, -0.05) is 48.0 Å². The summed E-state index contributed by atoms with van der Waals surface area (Å²) < 4.78 is 0. The van der Waals surface area contributed by atoms with E-state index in [1.807, 2.05) is 17.0 Å². The minimum absolute atomic E-state index is 0.306. The van der Waals surface area contributed by atoms with Crippen molar-refractivity contribution >= 4 is 17.5 Å². The van der Waals surface area contributed by atoms with Crippen LogP contribution in [0, 0.1) is 0 Å². The lowest BCUT2D eigenvalue weighted by Gasteiger charge is -2.32. The van der Waals surface area contributed by atoms with Gasteiger partial charge in [0.1, 0.15) is 32.7 Å². The van der Waals surface area contributed by atoms with E-state index in [-0.39, 0.29) is 0 Å². The SMILES string of the molecule is O=C(C[NH+]1CC[NH+](Cc2ccc(Cl)cc2)CC1)N1CCc2ccccc2C1. The van der Waals surface area contributed by atoms with Crippen molar-refractivity contribution in [1.29, 1.82) is 0 Å². The number of quaternary nitrogens is 2. The van der Waals surface area contributed by atoms with Gasteiger partial charge < -0.3 is 14.7 Å². The van der Waals surface area contributed by atoms with Crippen LogP contribution in [-0.2, 0) is 24.3 Å². The number of halogens is 1. The maximum absolute atomic E-state index is 12.8. The molecule has 0 aromatic heterocycles. The van der Waals surface area contributed by atoms with Crippen LogP contribution in [0.2, 0.25) is 5.02 Å². The first-order chi connectivity index (χ1) is 13.2. The molecule has 0 bridgehead atoms. The number of amides is 1. The molecular formula is C22H28ClN3O+2. The number of carbonyl (C=O) groups excluding carboxylic acids is 1. The van der Waals surface area contributed by atoms with Gasteiger partial charge in [-0.05, 0) is 29.7 Å². The number of fused-ring (bicyclic) bond motifs is 1. The lowest BCUT2D eigenvalue weighted by molar-refractivity contribution is -1.02. The van der Waals surface area contributed by atoms with Gasteiger partial charge in [-0.15, -0.1) is 0 Å². The van der Waals surface area contributed by atoms with Crippen LogP contribution in [0.15, 0.2) is 48.5 Å². The van der Waals surface area contributed by atoms with E-state index in [0.717, 1.165) is 57.3 Å². The van der Waals surface area contributed by atoms with E-state index >= 15 is 0 Å². The summed E-state index contributed by atoms with van der Waals surface area (Å²) in [6, 6.07) is 16.7. The molecule has 0 radical (unpaired) electrons. The van der Waals surface area contributed by atoms with Gasteiger partial charge in [0.25, 0.3) is 5.91 Å². The van der Waals surface area contributed by atoms with E-state index in [2.05, 4.69) is 36.4 Å². The molecular weight excluding hydrogens is 358 g/mol. The molecule has 2 aromatic carbocycles. The van der Waals surface area contributed by atoms with Crippen molar-refractivity contribution in [3.63, 3.8) is 0 Å². The van der Waals surface area contributed by atoms with E-state index < -0.39 is 0 Å². The van der Waals surface area contributed by atoms with E-state index in [1.54, 1.807) is 4.90 Å². The number of hydrogen-bond donors (Lipinski definition) is 2. The van der Waals surface area contributed by atoms with Crippen LogP contribution in [0.5, 0.6) is 0 Å². The van der Waals surface area contributed by atoms with Crippen LogP contribution >= 0.6 is 11.6 Å². The number of nitrogens with one attached hydrogen (secondary N) is 2. The summed E-state index contributed by atoms with van der Waals surface area (Å²) in [6.07, 6.45) is 0.982. The van der Waals surface area contributed by atoms with E-state index in [1.165, 1.54) is 21.6 Å². The van der Waals surface area contributed by atoms with E-state index in [4.69, 9.17) is 11.6 Å². The number of hydrogen-bond acceptors (Lipinski definition) is 1. The first-order valence-electron chi connectivity index (χ1n) is 9.93. The summed E-state index contributed by atoms with van der Waals surface area (Å²) >= 11 is 5.97. The Kier molecular flexibility index (Phi) is 5.77. The van der Waals surface area contributed by atoms with Crippen molar-refractivity contribution in [2.45, 2.75) is 19.5 Å². The Labute approximate surface area is 166 Å². The lowest BCUT2D eigenvalue weighted by Crippen LogP contribution is -3.28. The second kappa shape index (κ2) is 8.42. The summed E-state index contributed by atoms with van der Waals surface area (Å²) in [5.41, 5.74) is 4.04. The molecule has 1 fully saturated rings. The third-order valence-electron chi connectivity index (χ3n) is 5.92. The van der Waals surface area contributed by atoms with Crippen LogP contribution in [0.4, 0.5) is 0 Å². The predicted octanol–water partition coefficient (Wildman–Crippen LogP) is 0.208. The molecule has 2 aliphatic heterocycles. The Balaban J connectivity index is 1.24. The molecule has 27 heavy (non-hydrogen) atoms. The van der Waals surface area contributed by atoms with Crippen molar-refractivity contribution in [2.24, 2.45) is 0 Å². The molecule has 0 spiro atoms. The Morgan fingerprint density at radius 3 is 2.33 bits per heavy atom. The van der Waals surface area contributed by atoms with Crippen LogP contribution < -0.4 is 9.80 Å². The highest BCUT2D eigenvalue weighted by Gasteiger charge is 2.28. The molecule has 4 nitrogen and oxygen atoms in total. The van der Waals surface area contributed by atoms with Gasteiger partial charge in [0.2, 0.25) is 0 Å². The fourth-order valence-electron chi connectivity index (χ4n) is 4.24. The molecule has 1 saturated heterocycles. The number of carbonyl (C=O) groups is 1. The minimum atomic E-state index is 0.306. The van der Waals surface area contributed by atoms with E-state index in [9.17, 15) is 4.79 Å². The Morgan fingerprint density at radius 2 is 1.59 bits per heavy atom. The van der Waals surface area contributed by atoms with Crippen molar-refractivity contribution in [3.05, 3.63) is 70.2 Å². The van der Waals surface area contributed by atoms with Crippen LogP contribution in [-0.4, -0.2) is 50.1 Å². The largest absolute Gasteiger partial charge is 0.333 e. The second-order valence-electron chi connectivity index (χ2n) is 7.81. The molecule has 4 rings (SSSR count). The number of rotatable bonds is 4. The fourth-order valence-corrected chi connectivity index (χ4v) is 4.36. The molecule has 0 saturated carbocycles. The molecule has 1 amide bonds. The molecule has 0 aliphatic carbocycles. The topological polar surface area (TPSA) is 29.2 Å². The maximum atomic E-state index is 12.8. The molecule has 2 aromatic rings. The van der Waals surface area contributed by atoms with Crippen molar-refractivity contribution < 1.29 is 14.6 Å². The average Bonchev–Trinajstić information content (AvgIpc) is 2.71. The van der Waals surface area contributed by atoms with Gasteiger partial charge in [0, 0.05) is 23.7 Å². The fraction of sp³-hybridized carbons (Fsp3) is 0.409.